The lowest BCUT2D eigenvalue weighted by Crippen LogP contribution is -2.43. The Morgan fingerprint density at radius 1 is 0.675 bits per heavy atom. The van der Waals surface area contributed by atoms with Gasteiger partial charge in [-0.05, 0) is 72.9 Å². The number of hydrogen-bond donors (Lipinski definition) is 0. The minimum absolute atomic E-state index is 0.144. The molecule has 0 radical (unpaired) electrons. The van der Waals surface area contributed by atoms with Gasteiger partial charge in [0.25, 0.3) is 0 Å². The lowest BCUT2D eigenvalue weighted by atomic mass is 9.97. The fourth-order valence-corrected chi connectivity index (χ4v) is 11.9. The van der Waals surface area contributed by atoms with Gasteiger partial charge in [-0.1, -0.05) is 47.2 Å². The molecule has 0 aromatic carbocycles. The van der Waals surface area contributed by atoms with Crippen LogP contribution in [0.3, 0.4) is 0 Å². The average Bonchev–Trinajstić information content (AvgIpc) is 3.19. The van der Waals surface area contributed by atoms with E-state index in [1.54, 1.807) is 13.8 Å². The summed E-state index contributed by atoms with van der Waals surface area (Å²) in [5, 5.41) is 0. The summed E-state index contributed by atoms with van der Waals surface area (Å²) in [5.74, 6) is -1.71. The van der Waals surface area contributed by atoms with E-state index in [1.807, 2.05) is 0 Å². The molecule has 0 saturated heterocycles. The summed E-state index contributed by atoms with van der Waals surface area (Å²) in [4.78, 5) is 51.1. The Bertz CT molecular complexity index is 995. The summed E-state index contributed by atoms with van der Waals surface area (Å²) in [6.07, 6.45) is 1.83. The van der Waals surface area contributed by atoms with E-state index in [-0.39, 0.29) is 38.0 Å². The van der Waals surface area contributed by atoms with Gasteiger partial charge in [-0.2, -0.15) is 0 Å². The first-order valence-corrected chi connectivity index (χ1v) is 16.8. The number of carbonyl (C=O) groups excluding carboxylic acids is 4. The van der Waals surface area contributed by atoms with Gasteiger partial charge in [0.1, 0.15) is 0 Å². The predicted molar refractivity (Wildman–Crippen MR) is 158 cm³/mol. The highest BCUT2D eigenvalue weighted by Crippen LogP contribution is 2.49. The van der Waals surface area contributed by atoms with E-state index in [0.717, 1.165) is 5.57 Å². The van der Waals surface area contributed by atoms with E-state index in [4.69, 9.17) is 18.9 Å². The quantitative estimate of drug-likeness (QED) is 0.115. The molecule has 0 N–H and O–H groups in total. The zero-order chi connectivity index (χ0) is 30.6. The van der Waals surface area contributed by atoms with E-state index < -0.39 is 20.0 Å². The molecule has 0 bridgehead atoms. The number of methoxy groups -OCH3 is 2. The van der Waals surface area contributed by atoms with Gasteiger partial charge in [0.2, 0.25) is 0 Å². The highest BCUT2D eigenvalue weighted by atomic mass is 28.3. The van der Waals surface area contributed by atoms with E-state index >= 15 is 0 Å². The third-order valence-electron chi connectivity index (χ3n) is 7.92. The van der Waals surface area contributed by atoms with Crippen LogP contribution in [-0.2, 0) is 38.1 Å². The molecule has 0 unspecified atom stereocenters. The number of hydrogen-bond acceptors (Lipinski definition) is 8. The molecule has 1 aliphatic rings. The largest absolute Gasteiger partial charge is 0.469 e. The van der Waals surface area contributed by atoms with Gasteiger partial charge in [-0.3, -0.25) is 9.59 Å². The Kier molecular flexibility index (Phi) is 14.6. The molecule has 9 heteroatoms. The number of ether oxygens (including phenoxy) is 4. The summed E-state index contributed by atoms with van der Waals surface area (Å²) in [7, 11) is 0.444. The third kappa shape index (κ3) is 8.41. The molecule has 1 aliphatic carbocycles. The molecule has 40 heavy (non-hydrogen) atoms. The highest BCUT2D eigenvalue weighted by Gasteiger charge is 2.44. The van der Waals surface area contributed by atoms with E-state index in [2.05, 4.69) is 47.2 Å². The van der Waals surface area contributed by atoms with Crippen molar-refractivity contribution >= 4 is 32.0 Å². The Morgan fingerprint density at radius 3 is 1.45 bits per heavy atom. The van der Waals surface area contributed by atoms with Crippen LogP contribution in [0.15, 0.2) is 33.6 Å². The van der Waals surface area contributed by atoms with Crippen LogP contribution >= 0.6 is 0 Å². The summed E-state index contributed by atoms with van der Waals surface area (Å²) in [6.45, 7) is 17.2. The molecule has 226 valence electrons. The second kappa shape index (κ2) is 16.5. The maximum Gasteiger partial charge on any atom is 0.339 e. The molecule has 0 atom stereocenters. The molecule has 0 fully saturated rings. The van der Waals surface area contributed by atoms with Gasteiger partial charge in [-0.15, -0.1) is 0 Å². The Morgan fingerprint density at radius 2 is 1.07 bits per heavy atom. The van der Waals surface area contributed by atoms with Gasteiger partial charge in [0, 0.05) is 12.8 Å². The van der Waals surface area contributed by atoms with Crippen LogP contribution in [0.2, 0.25) is 16.6 Å². The average molecular weight is 579 g/mol. The molecule has 0 spiro atoms. The van der Waals surface area contributed by atoms with E-state index in [9.17, 15) is 19.2 Å². The van der Waals surface area contributed by atoms with Crippen molar-refractivity contribution in [3.8, 4) is 0 Å². The SMILES string of the molecule is CCOC(=O)C1=C(CCCC(=O)OC)/C(=C\[Si](C(C)C)(C(C)C)C(C)C)C(C(=O)OCC)=C1CCCC(=O)OC. The van der Waals surface area contributed by atoms with E-state index in [1.165, 1.54) is 14.2 Å². The predicted octanol–water partition coefficient (Wildman–Crippen LogP) is 6.55. The van der Waals surface area contributed by atoms with Crippen molar-refractivity contribution < 1.29 is 38.1 Å². The summed E-state index contributed by atoms with van der Waals surface area (Å²) < 4.78 is 20.7. The maximum atomic E-state index is 13.7. The lowest BCUT2D eigenvalue weighted by molar-refractivity contribution is -0.141. The van der Waals surface area contributed by atoms with Crippen molar-refractivity contribution in [2.45, 2.75) is 111 Å². The monoisotopic (exact) mass is 578 g/mol. The minimum Gasteiger partial charge on any atom is -0.469 e. The van der Waals surface area contributed by atoms with Crippen LogP contribution < -0.4 is 0 Å². The summed E-state index contributed by atoms with van der Waals surface area (Å²) in [5.41, 5.74) is 6.07. The zero-order valence-corrected chi connectivity index (χ0v) is 27.2. The van der Waals surface area contributed by atoms with Crippen LogP contribution in [0.25, 0.3) is 0 Å². The van der Waals surface area contributed by atoms with E-state index in [0.29, 0.717) is 64.6 Å². The molecule has 0 heterocycles. The first-order valence-electron chi connectivity index (χ1n) is 14.5. The Labute approximate surface area is 241 Å². The van der Waals surface area contributed by atoms with Gasteiger partial charge < -0.3 is 18.9 Å². The molecule has 0 aromatic rings. The summed E-state index contributed by atoms with van der Waals surface area (Å²) >= 11 is 0. The first-order chi connectivity index (χ1) is 18.8. The van der Waals surface area contributed by atoms with Crippen LogP contribution in [0.1, 0.15) is 93.9 Å². The standard InChI is InChI=1S/C31H50O8Si/c1-11-38-30(34)28-23(15-13-17-26(32)36-9)25(19-40(20(3)4,21(5)6)22(7)8)29(31(35)39-12-2)24(28)16-14-18-27(33)37-10/h19-22H,11-18H2,1-10H3/b25-19+. The zero-order valence-electron chi connectivity index (χ0n) is 26.2. The normalized spacial score (nSPS) is 15.0. The van der Waals surface area contributed by atoms with Crippen LogP contribution in [0, 0.1) is 0 Å². The van der Waals surface area contributed by atoms with Crippen molar-refractivity contribution in [2.24, 2.45) is 0 Å². The van der Waals surface area contributed by atoms with Crippen molar-refractivity contribution in [3.05, 3.63) is 33.6 Å². The molecule has 0 aliphatic heterocycles. The maximum absolute atomic E-state index is 13.7. The third-order valence-corrected chi connectivity index (χ3v) is 14.7. The smallest absolute Gasteiger partial charge is 0.339 e. The summed E-state index contributed by atoms with van der Waals surface area (Å²) in [6, 6.07) is 0. The molecular formula is C31H50O8Si. The number of esters is 4. The van der Waals surface area contributed by atoms with Crippen molar-refractivity contribution in [1.29, 1.82) is 0 Å². The van der Waals surface area contributed by atoms with Crippen LogP contribution in [0.4, 0.5) is 0 Å². The Hall–Kier alpha value is -2.68. The number of rotatable bonds is 16. The number of allylic oxidation sites excluding steroid dienone is 1. The first kappa shape index (κ1) is 35.3. The Balaban J connectivity index is 4.09. The van der Waals surface area contributed by atoms with Crippen LogP contribution in [-0.4, -0.2) is 59.4 Å². The fraction of sp³-hybridized carbons (Fsp3) is 0.677. The van der Waals surface area contributed by atoms with Gasteiger partial charge in [0.05, 0.1) is 46.7 Å². The van der Waals surface area contributed by atoms with Gasteiger partial charge in [-0.25, -0.2) is 9.59 Å². The molecular weight excluding hydrogens is 528 g/mol. The fourth-order valence-electron chi connectivity index (χ4n) is 6.08. The second-order valence-corrected chi connectivity index (χ2v) is 16.8. The van der Waals surface area contributed by atoms with Crippen LogP contribution in [0.5, 0.6) is 0 Å². The lowest BCUT2D eigenvalue weighted by Gasteiger charge is -2.41. The molecule has 8 nitrogen and oxygen atoms in total. The minimum atomic E-state index is -2.24. The van der Waals surface area contributed by atoms with Crippen molar-refractivity contribution in [3.63, 3.8) is 0 Å². The van der Waals surface area contributed by atoms with Gasteiger partial charge >= 0.3 is 23.9 Å². The highest BCUT2D eigenvalue weighted by molar-refractivity contribution is 6.88. The molecule has 0 saturated carbocycles. The molecule has 0 aromatic heterocycles. The van der Waals surface area contributed by atoms with Gasteiger partial charge in [0.15, 0.2) is 0 Å². The number of carbonyl (C=O) groups is 4. The topological polar surface area (TPSA) is 105 Å². The molecule has 0 amide bonds. The second-order valence-electron chi connectivity index (χ2n) is 11.0. The van der Waals surface area contributed by atoms with Crippen molar-refractivity contribution in [1.82, 2.24) is 0 Å². The van der Waals surface area contributed by atoms with Crippen molar-refractivity contribution in [2.75, 3.05) is 27.4 Å². The molecule has 1 rings (SSSR count).